The van der Waals surface area contributed by atoms with Gasteiger partial charge < -0.3 is 15.0 Å². The fourth-order valence-electron chi connectivity index (χ4n) is 2.23. The smallest absolute Gasteiger partial charge is 0.186 e. The van der Waals surface area contributed by atoms with Gasteiger partial charge in [-0.3, -0.25) is 0 Å². The van der Waals surface area contributed by atoms with Gasteiger partial charge >= 0.3 is 0 Å². The lowest BCUT2D eigenvalue weighted by Crippen LogP contribution is -2.29. The summed E-state index contributed by atoms with van der Waals surface area (Å²) in [5, 5.41) is 4.77. The standard InChI is InChI=1S/C14H23N3OS/c1-10-13(9-15-11-3-4-11)19-14(16-10)17(7-8-18-2)12-5-6-12/h11-12,15H,3-9H2,1-2H3. The second-order valence-electron chi connectivity index (χ2n) is 5.58. The Bertz CT molecular complexity index is 426. The molecule has 0 atom stereocenters. The zero-order chi connectivity index (χ0) is 13.2. The number of aromatic nitrogens is 1. The van der Waals surface area contributed by atoms with Crippen LogP contribution in [0.5, 0.6) is 0 Å². The van der Waals surface area contributed by atoms with Crippen LogP contribution in [0.25, 0.3) is 0 Å². The summed E-state index contributed by atoms with van der Waals surface area (Å²) in [7, 11) is 1.77. The summed E-state index contributed by atoms with van der Waals surface area (Å²) in [6.07, 6.45) is 5.29. The van der Waals surface area contributed by atoms with Crippen molar-refractivity contribution in [3.63, 3.8) is 0 Å². The maximum absolute atomic E-state index is 5.22. The molecule has 19 heavy (non-hydrogen) atoms. The highest BCUT2D eigenvalue weighted by Crippen LogP contribution is 2.35. The monoisotopic (exact) mass is 281 g/mol. The van der Waals surface area contributed by atoms with Crippen LogP contribution in [0.1, 0.15) is 36.3 Å². The SMILES string of the molecule is COCCN(c1nc(C)c(CNC2CC2)s1)C1CC1. The number of methoxy groups -OCH3 is 1. The summed E-state index contributed by atoms with van der Waals surface area (Å²) in [4.78, 5) is 8.60. The van der Waals surface area contributed by atoms with E-state index >= 15 is 0 Å². The van der Waals surface area contributed by atoms with Gasteiger partial charge in [0, 0.05) is 37.2 Å². The predicted molar refractivity (Wildman–Crippen MR) is 79.0 cm³/mol. The molecule has 2 aliphatic rings. The van der Waals surface area contributed by atoms with E-state index in [4.69, 9.17) is 9.72 Å². The second kappa shape index (κ2) is 5.77. The lowest BCUT2D eigenvalue weighted by Gasteiger charge is -2.20. The molecule has 0 spiro atoms. The van der Waals surface area contributed by atoms with Crippen LogP contribution >= 0.6 is 11.3 Å². The Labute approximate surface area is 119 Å². The molecule has 0 unspecified atom stereocenters. The van der Waals surface area contributed by atoms with Crippen molar-refractivity contribution in [3.8, 4) is 0 Å². The highest BCUT2D eigenvalue weighted by Gasteiger charge is 2.31. The van der Waals surface area contributed by atoms with Crippen molar-refractivity contribution in [2.24, 2.45) is 0 Å². The minimum Gasteiger partial charge on any atom is -0.383 e. The molecule has 5 heteroatoms. The number of thiazole rings is 1. The van der Waals surface area contributed by atoms with Crippen LogP contribution in [0.3, 0.4) is 0 Å². The van der Waals surface area contributed by atoms with Crippen LogP contribution in [0.15, 0.2) is 0 Å². The highest BCUT2D eigenvalue weighted by atomic mass is 32.1. The Morgan fingerprint density at radius 2 is 2.16 bits per heavy atom. The van der Waals surface area contributed by atoms with Gasteiger partial charge in [-0.1, -0.05) is 0 Å². The van der Waals surface area contributed by atoms with Gasteiger partial charge in [0.15, 0.2) is 5.13 Å². The largest absolute Gasteiger partial charge is 0.383 e. The third-order valence-electron chi connectivity index (χ3n) is 3.78. The van der Waals surface area contributed by atoms with Crippen molar-refractivity contribution < 1.29 is 4.74 Å². The van der Waals surface area contributed by atoms with Gasteiger partial charge in [-0.25, -0.2) is 4.98 Å². The van der Waals surface area contributed by atoms with E-state index in [-0.39, 0.29) is 0 Å². The summed E-state index contributed by atoms with van der Waals surface area (Å²) >= 11 is 1.85. The quantitative estimate of drug-likeness (QED) is 0.793. The van der Waals surface area contributed by atoms with E-state index in [2.05, 4.69) is 17.1 Å². The number of nitrogens with zero attached hydrogens (tertiary/aromatic N) is 2. The molecule has 2 fully saturated rings. The molecule has 0 amide bonds. The van der Waals surface area contributed by atoms with Crippen molar-refractivity contribution in [2.75, 3.05) is 25.2 Å². The van der Waals surface area contributed by atoms with E-state index in [1.54, 1.807) is 7.11 Å². The van der Waals surface area contributed by atoms with Gasteiger partial charge in [-0.15, -0.1) is 11.3 Å². The molecule has 0 bridgehead atoms. The average Bonchev–Trinajstić information content (AvgIpc) is 3.28. The zero-order valence-electron chi connectivity index (χ0n) is 11.8. The average molecular weight is 281 g/mol. The predicted octanol–water partition coefficient (Wildman–Crippen LogP) is 2.32. The molecule has 106 valence electrons. The normalized spacial score (nSPS) is 18.8. The number of hydrogen-bond donors (Lipinski definition) is 1. The minimum absolute atomic E-state index is 0.699. The Kier molecular flexibility index (Phi) is 4.05. The van der Waals surface area contributed by atoms with E-state index in [1.807, 2.05) is 11.3 Å². The molecule has 4 nitrogen and oxygen atoms in total. The van der Waals surface area contributed by atoms with E-state index in [1.165, 1.54) is 41.4 Å². The Balaban J connectivity index is 1.65. The fourth-order valence-corrected chi connectivity index (χ4v) is 3.34. The molecule has 1 aromatic heterocycles. The molecular weight excluding hydrogens is 258 g/mol. The second-order valence-corrected chi connectivity index (χ2v) is 6.64. The molecule has 0 radical (unpaired) electrons. The van der Waals surface area contributed by atoms with Crippen LogP contribution < -0.4 is 10.2 Å². The lowest BCUT2D eigenvalue weighted by atomic mass is 10.4. The van der Waals surface area contributed by atoms with Crippen molar-refractivity contribution >= 4 is 16.5 Å². The molecule has 2 aliphatic carbocycles. The fraction of sp³-hybridized carbons (Fsp3) is 0.786. The Morgan fingerprint density at radius 3 is 2.79 bits per heavy atom. The number of aryl methyl sites for hydroxylation is 1. The highest BCUT2D eigenvalue weighted by molar-refractivity contribution is 7.15. The van der Waals surface area contributed by atoms with Crippen LogP contribution in [0, 0.1) is 6.92 Å². The van der Waals surface area contributed by atoms with Crippen molar-refractivity contribution in [3.05, 3.63) is 10.6 Å². The summed E-state index contributed by atoms with van der Waals surface area (Å²) in [6, 6.07) is 1.46. The molecule has 3 rings (SSSR count). The van der Waals surface area contributed by atoms with Crippen molar-refractivity contribution in [2.45, 2.75) is 51.2 Å². The first-order valence-corrected chi connectivity index (χ1v) is 8.05. The van der Waals surface area contributed by atoms with Gasteiger partial charge in [0.25, 0.3) is 0 Å². The van der Waals surface area contributed by atoms with Crippen molar-refractivity contribution in [1.29, 1.82) is 0 Å². The lowest BCUT2D eigenvalue weighted by molar-refractivity contribution is 0.205. The summed E-state index contributed by atoms with van der Waals surface area (Å²) < 4.78 is 5.22. The third-order valence-corrected chi connectivity index (χ3v) is 4.97. The maximum atomic E-state index is 5.22. The van der Waals surface area contributed by atoms with Crippen LogP contribution in [0.4, 0.5) is 5.13 Å². The topological polar surface area (TPSA) is 37.4 Å². The molecular formula is C14H23N3OS. The number of hydrogen-bond acceptors (Lipinski definition) is 5. The molecule has 0 saturated heterocycles. The number of ether oxygens (including phenoxy) is 1. The summed E-state index contributed by atoms with van der Waals surface area (Å²) in [5.74, 6) is 0. The maximum Gasteiger partial charge on any atom is 0.186 e. The Hall–Kier alpha value is -0.650. The minimum atomic E-state index is 0.699. The first kappa shape index (κ1) is 13.3. The molecule has 0 aliphatic heterocycles. The van der Waals surface area contributed by atoms with Gasteiger partial charge in [-0.05, 0) is 32.6 Å². The van der Waals surface area contributed by atoms with E-state index in [9.17, 15) is 0 Å². The molecule has 2 saturated carbocycles. The zero-order valence-corrected chi connectivity index (χ0v) is 12.6. The summed E-state index contributed by atoms with van der Waals surface area (Å²) in [5.41, 5.74) is 1.19. The molecule has 0 aromatic carbocycles. The van der Waals surface area contributed by atoms with Gasteiger partial charge in [0.2, 0.25) is 0 Å². The van der Waals surface area contributed by atoms with E-state index < -0.39 is 0 Å². The first-order valence-electron chi connectivity index (χ1n) is 7.23. The number of anilines is 1. The summed E-state index contributed by atoms with van der Waals surface area (Å²) in [6.45, 7) is 4.86. The molecule has 1 aromatic rings. The van der Waals surface area contributed by atoms with Crippen LogP contribution in [0.2, 0.25) is 0 Å². The Morgan fingerprint density at radius 1 is 1.37 bits per heavy atom. The molecule has 1 N–H and O–H groups in total. The van der Waals surface area contributed by atoms with Crippen LogP contribution in [-0.2, 0) is 11.3 Å². The first-order chi connectivity index (χ1) is 9.28. The van der Waals surface area contributed by atoms with E-state index in [0.717, 1.165) is 25.7 Å². The van der Waals surface area contributed by atoms with Crippen molar-refractivity contribution in [1.82, 2.24) is 10.3 Å². The third kappa shape index (κ3) is 3.46. The van der Waals surface area contributed by atoms with Gasteiger partial charge in [0.05, 0.1) is 12.3 Å². The van der Waals surface area contributed by atoms with Gasteiger partial charge in [0.1, 0.15) is 0 Å². The number of nitrogens with one attached hydrogen (secondary N) is 1. The molecule has 1 heterocycles. The number of rotatable bonds is 8. The van der Waals surface area contributed by atoms with Crippen LogP contribution in [-0.4, -0.2) is 37.3 Å². The van der Waals surface area contributed by atoms with Gasteiger partial charge in [-0.2, -0.15) is 0 Å². The van der Waals surface area contributed by atoms with E-state index in [0.29, 0.717) is 6.04 Å².